The van der Waals surface area contributed by atoms with E-state index >= 15 is 0 Å². The van der Waals surface area contributed by atoms with Gasteiger partial charge in [0.1, 0.15) is 6.04 Å². The second kappa shape index (κ2) is 7.92. The number of nitrogens with one attached hydrogen (secondary N) is 1. The first-order valence-corrected chi connectivity index (χ1v) is 6.59. The average molecular weight is 265 g/mol. The van der Waals surface area contributed by atoms with Crippen LogP contribution in [0.2, 0.25) is 0 Å². The fraction of sp³-hybridized carbons (Fsp3) is 0.533. The van der Waals surface area contributed by atoms with E-state index in [1.54, 1.807) is 7.11 Å². The fourth-order valence-corrected chi connectivity index (χ4v) is 1.89. The van der Waals surface area contributed by atoms with Crippen LogP contribution in [0.1, 0.15) is 37.9 Å². The minimum absolute atomic E-state index is 0.195. The molecule has 0 saturated heterocycles. The molecule has 1 atom stereocenters. The molecule has 106 valence electrons. The molecule has 0 amide bonds. The van der Waals surface area contributed by atoms with Crippen LogP contribution < -0.4 is 5.32 Å². The zero-order chi connectivity index (χ0) is 14.3. The van der Waals surface area contributed by atoms with Crippen LogP contribution >= 0.6 is 0 Å². The summed E-state index contributed by atoms with van der Waals surface area (Å²) in [6, 6.07) is 7.57. The standard InChI is InChI=1S/C15H23NO3/c1-5-19-15(17)14(16-11(2)3)13-8-6-7-12(9-13)10-18-4/h6-9,11,14,16H,5,10H2,1-4H3. The van der Waals surface area contributed by atoms with Gasteiger partial charge < -0.3 is 9.47 Å². The van der Waals surface area contributed by atoms with Crippen LogP contribution in [-0.4, -0.2) is 25.7 Å². The average Bonchev–Trinajstić information content (AvgIpc) is 2.37. The Morgan fingerprint density at radius 3 is 2.68 bits per heavy atom. The molecule has 0 saturated carbocycles. The lowest BCUT2D eigenvalue weighted by molar-refractivity contribution is -0.146. The Hall–Kier alpha value is -1.39. The number of methoxy groups -OCH3 is 1. The molecule has 0 spiro atoms. The van der Waals surface area contributed by atoms with Gasteiger partial charge in [-0.25, -0.2) is 4.79 Å². The molecule has 1 aromatic carbocycles. The van der Waals surface area contributed by atoms with Crippen LogP contribution in [0.4, 0.5) is 0 Å². The summed E-state index contributed by atoms with van der Waals surface area (Å²) in [4.78, 5) is 12.0. The van der Waals surface area contributed by atoms with Crippen molar-refractivity contribution in [1.29, 1.82) is 0 Å². The Morgan fingerprint density at radius 1 is 1.37 bits per heavy atom. The highest BCUT2D eigenvalue weighted by molar-refractivity contribution is 5.77. The molecule has 0 aliphatic heterocycles. The number of rotatable bonds is 7. The molecular weight excluding hydrogens is 242 g/mol. The SMILES string of the molecule is CCOC(=O)C(NC(C)C)c1cccc(COC)c1. The molecule has 0 fully saturated rings. The van der Waals surface area contributed by atoms with Gasteiger partial charge in [0.15, 0.2) is 0 Å². The number of hydrogen-bond donors (Lipinski definition) is 1. The topological polar surface area (TPSA) is 47.6 Å². The van der Waals surface area contributed by atoms with E-state index < -0.39 is 6.04 Å². The lowest BCUT2D eigenvalue weighted by Crippen LogP contribution is -2.34. The van der Waals surface area contributed by atoms with Crippen LogP contribution in [0, 0.1) is 0 Å². The Balaban J connectivity index is 2.95. The second-order valence-corrected chi connectivity index (χ2v) is 4.68. The molecule has 4 heteroatoms. The van der Waals surface area contributed by atoms with Crippen molar-refractivity contribution >= 4 is 5.97 Å². The van der Waals surface area contributed by atoms with Gasteiger partial charge in [-0.2, -0.15) is 0 Å². The minimum atomic E-state index is -0.434. The first kappa shape index (κ1) is 15.7. The molecule has 1 aromatic rings. The Bertz CT molecular complexity index is 404. The summed E-state index contributed by atoms with van der Waals surface area (Å²) in [5.74, 6) is -0.245. The molecule has 0 aliphatic carbocycles. The lowest BCUT2D eigenvalue weighted by Gasteiger charge is -2.20. The van der Waals surface area contributed by atoms with E-state index in [4.69, 9.17) is 9.47 Å². The maximum Gasteiger partial charge on any atom is 0.327 e. The second-order valence-electron chi connectivity index (χ2n) is 4.68. The van der Waals surface area contributed by atoms with Gasteiger partial charge in [0, 0.05) is 13.2 Å². The Morgan fingerprint density at radius 2 is 2.11 bits per heavy atom. The smallest absolute Gasteiger partial charge is 0.327 e. The van der Waals surface area contributed by atoms with Gasteiger partial charge in [-0.05, 0) is 31.9 Å². The summed E-state index contributed by atoms with van der Waals surface area (Å²) in [5.41, 5.74) is 1.95. The van der Waals surface area contributed by atoms with Gasteiger partial charge in [0.25, 0.3) is 0 Å². The number of hydrogen-bond acceptors (Lipinski definition) is 4. The van der Waals surface area contributed by atoms with E-state index in [0.717, 1.165) is 11.1 Å². The van der Waals surface area contributed by atoms with E-state index in [2.05, 4.69) is 5.32 Å². The minimum Gasteiger partial charge on any atom is -0.465 e. The predicted octanol–water partition coefficient (Wildman–Crippen LogP) is 2.44. The predicted molar refractivity (Wildman–Crippen MR) is 74.8 cm³/mol. The van der Waals surface area contributed by atoms with E-state index in [0.29, 0.717) is 13.2 Å². The van der Waals surface area contributed by atoms with Crippen molar-refractivity contribution < 1.29 is 14.3 Å². The van der Waals surface area contributed by atoms with Crippen molar-refractivity contribution in [3.63, 3.8) is 0 Å². The first-order chi connectivity index (χ1) is 9.08. The fourth-order valence-electron chi connectivity index (χ4n) is 1.89. The van der Waals surface area contributed by atoms with Crippen LogP contribution in [0.3, 0.4) is 0 Å². The zero-order valence-corrected chi connectivity index (χ0v) is 12.1. The molecule has 0 radical (unpaired) electrons. The third-order valence-electron chi connectivity index (χ3n) is 2.62. The third-order valence-corrected chi connectivity index (χ3v) is 2.62. The largest absolute Gasteiger partial charge is 0.465 e. The van der Waals surface area contributed by atoms with E-state index in [-0.39, 0.29) is 12.0 Å². The van der Waals surface area contributed by atoms with E-state index in [1.165, 1.54) is 0 Å². The number of carbonyl (C=O) groups is 1. The van der Waals surface area contributed by atoms with Crippen LogP contribution in [-0.2, 0) is 20.9 Å². The van der Waals surface area contributed by atoms with Gasteiger partial charge in [-0.1, -0.05) is 24.3 Å². The van der Waals surface area contributed by atoms with Gasteiger partial charge in [0.05, 0.1) is 13.2 Å². The van der Waals surface area contributed by atoms with Crippen LogP contribution in [0.25, 0.3) is 0 Å². The number of ether oxygens (including phenoxy) is 2. The summed E-state index contributed by atoms with van der Waals surface area (Å²) in [6.07, 6.45) is 0. The zero-order valence-electron chi connectivity index (χ0n) is 12.1. The first-order valence-electron chi connectivity index (χ1n) is 6.59. The summed E-state index contributed by atoms with van der Waals surface area (Å²) in [5, 5.41) is 3.23. The highest BCUT2D eigenvalue weighted by Gasteiger charge is 2.22. The molecule has 1 unspecified atom stereocenters. The summed E-state index contributed by atoms with van der Waals surface area (Å²) >= 11 is 0. The van der Waals surface area contributed by atoms with Gasteiger partial charge in [-0.3, -0.25) is 5.32 Å². The number of benzene rings is 1. The third kappa shape index (κ3) is 5.01. The highest BCUT2D eigenvalue weighted by Crippen LogP contribution is 2.18. The maximum atomic E-state index is 12.0. The summed E-state index contributed by atoms with van der Waals surface area (Å²) in [7, 11) is 1.65. The normalized spacial score (nSPS) is 12.5. The number of esters is 1. The van der Waals surface area contributed by atoms with Crippen molar-refractivity contribution in [3.8, 4) is 0 Å². The van der Waals surface area contributed by atoms with E-state index in [1.807, 2.05) is 45.0 Å². The van der Waals surface area contributed by atoms with Crippen LogP contribution in [0.15, 0.2) is 24.3 Å². The molecule has 0 aliphatic rings. The molecule has 1 N–H and O–H groups in total. The summed E-state index contributed by atoms with van der Waals surface area (Å²) in [6.45, 7) is 6.74. The van der Waals surface area contributed by atoms with Crippen molar-refractivity contribution in [2.45, 2.75) is 39.5 Å². The Labute approximate surface area is 115 Å². The molecule has 0 aromatic heterocycles. The van der Waals surface area contributed by atoms with Crippen molar-refractivity contribution in [2.24, 2.45) is 0 Å². The van der Waals surface area contributed by atoms with Crippen molar-refractivity contribution in [3.05, 3.63) is 35.4 Å². The van der Waals surface area contributed by atoms with E-state index in [9.17, 15) is 4.79 Å². The molecule has 19 heavy (non-hydrogen) atoms. The molecule has 0 heterocycles. The van der Waals surface area contributed by atoms with Crippen molar-refractivity contribution in [1.82, 2.24) is 5.32 Å². The lowest BCUT2D eigenvalue weighted by atomic mass is 10.0. The quantitative estimate of drug-likeness (QED) is 0.769. The monoisotopic (exact) mass is 265 g/mol. The molecule has 1 rings (SSSR count). The molecular formula is C15H23NO3. The van der Waals surface area contributed by atoms with Gasteiger partial charge in [0.2, 0.25) is 0 Å². The molecule has 0 bridgehead atoms. The number of carbonyl (C=O) groups excluding carboxylic acids is 1. The maximum absolute atomic E-state index is 12.0. The summed E-state index contributed by atoms with van der Waals surface area (Å²) < 4.78 is 10.2. The van der Waals surface area contributed by atoms with Crippen LogP contribution in [0.5, 0.6) is 0 Å². The molecule has 4 nitrogen and oxygen atoms in total. The Kier molecular flexibility index (Phi) is 6.53. The van der Waals surface area contributed by atoms with Gasteiger partial charge >= 0.3 is 5.97 Å². The van der Waals surface area contributed by atoms with Crippen molar-refractivity contribution in [2.75, 3.05) is 13.7 Å². The highest BCUT2D eigenvalue weighted by atomic mass is 16.5. The van der Waals surface area contributed by atoms with Gasteiger partial charge in [-0.15, -0.1) is 0 Å².